The van der Waals surface area contributed by atoms with Crippen molar-refractivity contribution in [1.82, 2.24) is 10.0 Å². The summed E-state index contributed by atoms with van der Waals surface area (Å²) in [6.45, 7) is 6.56. The minimum atomic E-state index is -3.50. The lowest BCUT2D eigenvalue weighted by molar-refractivity contribution is 0.491. The fraction of sp³-hybridized carbons (Fsp3) is 0.692. The van der Waals surface area contributed by atoms with Gasteiger partial charge in [0.15, 0.2) is 0 Å². The fourth-order valence-electron chi connectivity index (χ4n) is 2.17. The van der Waals surface area contributed by atoms with E-state index in [1.807, 2.05) is 0 Å². The molecule has 0 radical (unpaired) electrons. The Hall–Kier alpha value is -0.850. The minimum absolute atomic E-state index is 0.142. The van der Waals surface area contributed by atoms with E-state index in [4.69, 9.17) is 4.42 Å². The summed E-state index contributed by atoms with van der Waals surface area (Å²) in [5.41, 5.74) is 0.858. The molecule has 108 valence electrons. The normalized spacial score (nSPS) is 17.7. The van der Waals surface area contributed by atoms with Crippen LogP contribution in [0.15, 0.2) is 9.31 Å². The Morgan fingerprint density at radius 1 is 1.26 bits per heavy atom. The number of aryl methyl sites for hydroxylation is 2. The quantitative estimate of drug-likeness (QED) is 0.835. The molecular weight excluding hydrogens is 264 g/mol. The summed E-state index contributed by atoms with van der Waals surface area (Å²) < 4.78 is 33.1. The Morgan fingerprint density at radius 2 is 1.89 bits per heavy atom. The van der Waals surface area contributed by atoms with Crippen LogP contribution in [0.25, 0.3) is 0 Å². The van der Waals surface area contributed by atoms with E-state index < -0.39 is 10.0 Å². The predicted molar refractivity (Wildman–Crippen MR) is 73.5 cm³/mol. The molecule has 5 nitrogen and oxygen atoms in total. The van der Waals surface area contributed by atoms with Crippen molar-refractivity contribution >= 4 is 10.0 Å². The van der Waals surface area contributed by atoms with Crippen molar-refractivity contribution in [2.75, 3.05) is 13.6 Å². The molecule has 1 aliphatic rings. The third kappa shape index (κ3) is 3.01. The van der Waals surface area contributed by atoms with Gasteiger partial charge in [0.25, 0.3) is 0 Å². The summed E-state index contributed by atoms with van der Waals surface area (Å²) in [5.74, 6) is 1.11. The number of furan rings is 1. The fourth-order valence-corrected chi connectivity index (χ4v) is 3.82. The Balaban J connectivity index is 2.28. The maximum Gasteiger partial charge on any atom is 0.244 e. The van der Waals surface area contributed by atoms with Crippen LogP contribution < -0.4 is 10.0 Å². The van der Waals surface area contributed by atoms with Gasteiger partial charge in [0.2, 0.25) is 10.0 Å². The minimum Gasteiger partial charge on any atom is -0.465 e. The van der Waals surface area contributed by atoms with Crippen molar-refractivity contribution in [3.63, 3.8) is 0 Å². The van der Waals surface area contributed by atoms with Gasteiger partial charge in [-0.05, 0) is 39.2 Å². The highest BCUT2D eigenvalue weighted by molar-refractivity contribution is 7.89. The second kappa shape index (κ2) is 4.92. The van der Waals surface area contributed by atoms with Crippen LogP contribution in [0, 0.1) is 19.3 Å². The third-order valence-corrected chi connectivity index (χ3v) is 5.34. The van der Waals surface area contributed by atoms with E-state index in [1.165, 1.54) is 0 Å². The third-order valence-electron chi connectivity index (χ3n) is 3.74. The molecule has 0 saturated heterocycles. The van der Waals surface area contributed by atoms with Crippen LogP contribution in [-0.4, -0.2) is 22.0 Å². The highest BCUT2D eigenvalue weighted by Gasteiger charge is 2.39. The summed E-state index contributed by atoms with van der Waals surface area (Å²) in [6, 6.07) is 0. The SMILES string of the molecule is CNCc1c(C)oc(C)c1S(=O)(=O)NCC1(C)CC1. The van der Waals surface area contributed by atoms with Gasteiger partial charge >= 0.3 is 0 Å². The highest BCUT2D eigenvalue weighted by Crippen LogP contribution is 2.44. The van der Waals surface area contributed by atoms with Gasteiger partial charge in [0, 0.05) is 18.7 Å². The molecule has 1 aromatic rings. The first-order valence-electron chi connectivity index (χ1n) is 6.52. The second-order valence-corrected chi connectivity index (χ2v) is 7.39. The Bertz CT molecular complexity index is 571. The van der Waals surface area contributed by atoms with Crippen molar-refractivity contribution in [1.29, 1.82) is 0 Å². The van der Waals surface area contributed by atoms with E-state index in [-0.39, 0.29) is 5.41 Å². The van der Waals surface area contributed by atoms with Gasteiger partial charge in [0.05, 0.1) is 0 Å². The summed E-state index contributed by atoms with van der Waals surface area (Å²) in [5, 5.41) is 2.98. The van der Waals surface area contributed by atoms with E-state index in [0.717, 1.165) is 12.8 Å². The lowest BCUT2D eigenvalue weighted by Gasteiger charge is -2.11. The van der Waals surface area contributed by atoms with Gasteiger partial charge in [0.1, 0.15) is 16.4 Å². The number of nitrogens with one attached hydrogen (secondary N) is 2. The molecule has 0 atom stereocenters. The van der Waals surface area contributed by atoms with Gasteiger partial charge in [-0.3, -0.25) is 0 Å². The van der Waals surface area contributed by atoms with Crippen molar-refractivity contribution in [2.24, 2.45) is 5.41 Å². The van der Waals surface area contributed by atoms with Crippen LogP contribution in [0.2, 0.25) is 0 Å². The van der Waals surface area contributed by atoms with Crippen molar-refractivity contribution in [3.8, 4) is 0 Å². The summed E-state index contributed by atoms with van der Waals surface area (Å²) in [7, 11) is -1.71. The first kappa shape index (κ1) is 14.6. The summed E-state index contributed by atoms with van der Waals surface area (Å²) in [6.07, 6.45) is 2.17. The van der Waals surface area contributed by atoms with E-state index in [0.29, 0.717) is 35.1 Å². The maximum absolute atomic E-state index is 12.4. The van der Waals surface area contributed by atoms with Gasteiger partial charge in [-0.25, -0.2) is 13.1 Å². The molecule has 0 unspecified atom stereocenters. The van der Waals surface area contributed by atoms with Crippen LogP contribution in [-0.2, 0) is 16.6 Å². The Labute approximate surface area is 114 Å². The van der Waals surface area contributed by atoms with Crippen LogP contribution >= 0.6 is 0 Å². The highest BCUT2D eigenvalue weighted by atomic mass is 32.2. The molecule has 0 bridgehead atoms. The molecule has 6 heteroatoms. The summed E-state index contributed by atoms with van der Waals surface area (Å²) >= 11 is 0. The molecule has 1 saturated carbocycles. The van der Waals surface area contributed by atoms with Gasteiger partial charge in [-0.1, -0.05) is 6.92 Å². The first-order valence-corrected chi connectivity index (χ1v) is 8.00. The van der Waals surface area contributed by atoms with Gasteiger partial charge < -0.3 is 9.73 Å². The van der Waals surface area contributed by atoms with E-state index in [2.05, 4.69) is 17.0 Å². The number of sulfonamides is 1. The van der Waals surface area contributed by atoms with Crippen molar-refractivity contribution < 1.29 is 12.8 Å². The molecule has 2 rings (SSSR count). The lowest BCUT2D eigenvalue weighted by atomic mass is 10.2. The van der Waals surface area contributed by atoms with Crippen LogP contribution in [0.4, 0.5) is 0 Å². The molecule has 1 fully saturated rings. The standard InChI is InChI=1S/C13H22N2O3S/c1-9-11(7-14-4)12(10(2)18-9)19(16,17)15-8-13(3)5-6-13/h14-15H,5-8H2,1-4H3. The Morgan fingerprint density at radius 3 is 2.42 bits per heavy atom. The monoisotopic (exact) mass is 286 g/mol. The van der Waals surface area contributed by atoms with Crippen LogP contribution in [0.3, 0.4) is 0 Å². The number of rotatable bonds is 6. The zero-order valence-electron chi connectivity index (χ0n) is 12.0. The molecule has 2 N–H and O–H groups in total. The molecular formula is C13H22N2O3S. The Kier molecular flexibility index (Phi) is 3.77. The largest absolute Gasteiger partial charge is 0.465 e. The molecule has 1 aromatic heterocycles. The molecule has 0 aliphatic heterocycles. The molecule has 0 spiro atoms. The second-order valence-electron chi connectivity index (χ2n) is 5.69. The predicted octanol–water partition coefficient (Wildman–Crippen LogP) is 1.69. The van der Waals surface area contributed by atoms with Crippen molar-refractivity contribution in [3.05, 3.63) is 17.1 Å². The number of hydrogen-bond acceptors (Lipinski definition) is 4. The van der Waals surface area contributed by atoms with Crippen LogP contribution in [0.1, 0.15) is 36.8 Å². The molecule has 0 aromatic carbocycles. The summed E-state index contributed by atoms with van der Waals surface area (Å²) in [4.78, 5) is 0.295. The van der Waals surface area contributed by atoms with Gasteiger partial charge in [-0.2, -0.15) is 0 Å². The lowest BCUT2D eigenvalue weighted by Crippen LogP contribution is -2.30. The zero-order chi connectivity index (χ0) is 14.3. The van der Waals surface area contributed by atoms with E-state index >= 15 is 0 Å². The first-order chi connectivity index (χ1) is 8.79. The average Bonchev–Trinajstić information content (AvgIpc) is 2.97. The van der Waals surface area contributed by atoms with E-state index in [1.54, 1.807) is 20.9 Å². The van der Waals surface area contributed by atoms with Gasteiger partial charge in [-0.15, -0.1) is 0 Å². The molecule has 0 amide bonds. The smallest absolute Gasteiger partial charge is 0.244 e. The molecule has 1 heterocycles. The average molecular weight is 286 g/mol. The maximum atomic E-state index is 12.4. The van der Waals surface area contributed by atoms with Crippen LogP contribution in [0.5, 0.6) is 0 Å². The molecule has 19 heavy (non-hydrogen) atoms. The zero-order valence-corrected chi connectivity index (χ0v) is 12.8. The van der Waals surface area contributed by atoms with Crippen molar-refractivity contribution in [2.45, 2.75) is 45.1 Å². The molecule has 1 aliphatic carbocycles. The topological polar surface area (TPSA) is 71.3 Å². The number of hydrogen-bond donors (Lipinski definition) is 2. The van der Waals surface area contributed by atoms with E-state index in [9.17, 15) is 8.42 Å².